The van der Waals surface area contributed by atoms with Gasteiger partial charge in [0.1, 0.15) is 0 Å². The molecule has 4 nitrogen and oxygen atoms in total. The molecule has 1 aliphatic carbocycles. The number of nitrogens with zero attached hydrogens (tertiary/aromatic N) is 1. The van der Waals surface area contributed by atoms with Crippen LogP contribution in [0.25, 0.3) is 0 Å². The van der Waals surface area contributed by atoms with Gasteiger partial charge in [-0.05, 0) is 12.2 Å². The molecule has 4 heteroatoms. The average molecular weight is 226 g/mol. The summed E-state index contributed by atoms with van der Waals surface area (Å²) in [5, 5.41) is 0. The van der Waals surface area contributed by atoms with E-state index in [2.05, 4.69) is 9.97 Å². The molecular weight excluding hydrogens is 216 g/mol. The first kappa shape index (κ1) is 11.0. The lowest BCUT2D eigenvalue weighted by molar-refractivity contribution is 0.0994. The first-order valence-electron chi connectivity index (χ1n) is 5.07. The third-order valence-corrected chi connectivity index (χ3v) is 2.25. The number of ketones is 2. The molecule has 0 saturated heterocycles. The quantitative estimate of drug-likeness (QED) is 0.747. The van der Waals surface area contributed by atoms with Crippen molar-refractivity contribution in [3.63, 3.8) is 0 Å². The van der Waals surface area contributed by atoms with E-state index in [1.807, 2.05) is 0 Å². The number of carbonyl (C=O) groups is 2. The lowest BCUT2D eigenvalue weighted by Gasteiger charge is -2.06. The minimum Gasteiger partial charge on any atom is -0.351 e. The van der Waals surface area contributed by atoms with Gasteiger partial charge in [-0.25, -0.2) is 4.98 Å². The SMILES string of the molecule is O=C1C=CC(=O)c2ccccc21.c1c[nH]cn1. The Balaban J connectivity index is 0.000000181. The van der Waals surface area contributed by atoms with Gasteiger partial charge in [-0.15, -0.1) is 0 Å². The van der Waals surface area contributed by atoms with Gasteiger partial charge in [-0.2, -0.15) is 0 Å². The minimum absolute atomic E-state index is 0.0924. The molecule has 1 aromatic carbocycles. The van der Waals surface area contributed by atoms with Crippen LogP contribution in [0.4, 0.5) is 0 Å². The highest BCUT2D eigenvalue weighted by atomic mass is 16.1. The monoisotopic (exact) mass is 226 g/mol. The number of H-pyrrole nitrogens is 1. The van der Waals surface area contributed by atoms with Crippen LogP contribution in [0.5, 0.6) is 0 Å². The number of fused-ring (bicyclic) bond motifs is 1. The first-order chi connectivity index (χ1) is 8.29. The molecular formula is C13H10N2O2. The molecule has 0 bridgehead atoms. The Bertz CT molecular complexity index is 502. The smallest absolute Gasteiger partial charge is 0.186 e. The van der Waals surface area contributed by atoms with Gasteiger partial charge in [0, 0.05) is 23.5 Å². The normalized spacial score (nSPS) is 12.7. The summed E-state index contributed by atoms with van der Waals surface area (Å²) in [5.74, 6) is -0.185. The fourth-order valence-corrected chi connectivity index (χ4v) is 1.46. The van der Waals surface area contributed by atoms with Crippen LogP contribution in [-0.4, -0.2) is 21.5 Å². The number of aromatic amines is 1. The summed E-state index contributed by atoms with van der Waals surface area (Å²) in [5.41, 5.74) is 1.01. The van der Waals surface area contributed by atoms with Crippen molar-refractivity contribution in [2.75, 3.05) is 0 Å². The number of hydrogen-bond donors (Lipinski definition) is 1. The highest BCUT2D eigenvalue weighted by Gasteiger charge is 2.16. The Hall–Kier alpha value is -2.49. The number of rotatable bonds is 0. The van der Waals surface area contributed by atoms with Crippen molar-refractivity contribution < 1.29 is 9.59 Å². The Morgan fingerprint density at radius 1 is 0.941 bits per heavy atom. The lowest BCUT2D eigenvalue weighted by Crippen LogP contribution is -2.10. The molecule has 1 heterocycles. The number of benzene rings is 1. The Morgan fingerprint density at radius 2 is 1.53 bits per heavy atom. The summed E-state index contributed by atoms with van der Waals surface area (Å²) in [7, 11) is 0. The van der Waals surface area contributed by atoms with Crippen LogP contribution in [0.3, 0.4) is 0 Å². The van der Waals surface area contributed by atoms with Crippen LogP contribution in [0, 0.1) is 0 Å². The van der Waals surface area contributed by atoms with Gasteiger partial charge in [-0.3, -0.25) is 9.59 Å². The molecule has 0 aliphatic heterocycles. The van der Waals surface area contributed by atoms with Crippen molar-refractivity contribution in [3.8, 4) is 0 Å². The molecule has 17 heavy (non-hydrogen) atoms. The number of hydrogen-bond acceptors (Lipinski definition) is 3. The predicted molar refractivity (Wildman–Crippen MR) is 62.8 cm³/mol. The van der Waals surface area contributed by atoms with Crippen LogP contribution in [0.2, 0.25) is 0 Å². The van der Waals surface area contributed by atoms with E-state index in [4.69, 9.17) is 0 Å². The van der Waals surface area contributed by atoms with E-state index < -0.39 is 0 Å². The maximum Gasteiger partial charge on any atom is 0.186 e. The van der Waals surface area contributed by atoms with Crippen molar-refractivity contribution in [1.29, 1.82) is 0 Å². The van der Waals surface area contributed by atoms with Crippen LogP contribution in [0.15, 0.2) is 55.1 Å². The van der Waals surface area contributed by atoms with Gasteiger partial charge in [0.2, 0.25) is 0 Å². The summed E-state index contributed by atoms with van der Waals surface area (Å²) in [6.07, 6.45) is 7.70. The Kier molecular flexibility index (Phi) is 3.25. The van der Waals surface area contributed by atoms with Gasteiger partial charge >= 0.3 is 0 Å². The summed E-state index contributed by atoms with van der Waals surface area (Å²) in [6.45, 7) is 0. The standard InChI is InChI=1S/C10H6O2.C3H4N2/c11-9-5-6-10(12)8-4-2-1-3-7(8)9;1-2-5-3-4-1/h1-6H;1-3H,(H,4,5). The number of aromatic nitrogens is 2. The Morgan fingerprint density at radius 3 is 1.88 bits per heavy atom. The molecule has 0 radical (unpaired) electrons. The number of nitrogens with one attached hydrogen (secondary N) is 1. The summed E-state index contributed by atoms with van der Waals surface area (Å²) >= 11 is 0. The van der Waals surface area contributed by atoms with Crippen molar-refractivity contribution in [1.82, 2.24) is 9.97 Å². The highest BCUT2D eigenvalue weighted by Crippen LogP contribution is 2.15. The van der Waals surface area contributed by atoms with Crippen molar-refractivity contribution in [3.05, 3.63) is 66.3 Å². The molecule has 0 fully saturated rings. The van der Waals surface area contributed by atoms with Crippen LogP contribution in [0.1, 0.15) is 20.7 Å². The van der Waals surface area contributed by atoms with Crippen molar-refractivity contribution in [2.45, 2.75) is 0 Å². The van der Waals surface area contributed by atoms with E-state index in [0.717, 1.165) is 0 Å². The van der Waals surface area contributed by atoms with E-state index in [1.165, 1.54) is 12.2 Å². The fourth-order valence-electron chi connectivity index (χ4n) is 1.46. The zero-order chi connectivity index (χ0) is 12.1. The number of imidazole rings is 1. The lowest BCUT2D eigenvalue weighted by atomic mass is 9.95. The largest absolute Gasteiger partial charge is 0.351 e. The van der Waals surface area contributed by atoms with Crippen LogP contribution in [-0.2, 0) is 0 Å². The second-order valence-corrected chi connectivity index (χ2v) is 3.37. The van der Waals surface area contributed by atoms with E-state index in [-0.39, 0.29) is 11.6 Å². The second kappa shape index (κ2) is 5.03. The molecule has 84 valence electrons. The van der Waals surface area contributed by atoms with E-state index in [9.17, 15) is 9.59 Å². The molecule has 0 unspecified atom stereocenters. The maximum atomic E-state index is 11.2. The van der Waals surface area contributed by atoms with Crippen LogP contribution < -0.4 is 0 Å². The molecule has 0 amide bonds. The van der Waals surface area contributed by atoms with E-state index in [1.54, 1.807) is 43.0 Å². The van der Waals surface area contributed by atoms with E-state index in [0.29, 0.717) is 11.1 Å². The molecule has 0 saturated carbocycles. The molecule has 1 N–H and O–H groups in total. The third-order valence-electron chi connectivity index (χ3n) is 2.25. The highest BCUT2D eigenvalue weighted by molar-refractivity contribution is 6.21. The third kappa shape index (κ3) is 2.55. The predicted octanol–water partition coefficient (Wildman–Crippen LogP) is 2.03. The number of carbonyl (C=O) groups excluding carboxylic acids is 2. The second-order valence-electron chi connectivity index (χ2n) is 3.37. The van der Waals surface area contributed by atoms with Crippen molar-refractivity contribution in [2.24, 2.45) is 0 Å². The van der Waals surface area contributed by atoms with Gasteiger partial charge < -0.3 is 4.98 Å². The topological polar surface area (TPSA) is 62.8 Å². The molecule has 0 atom stereocenters. The Labute approximate surface area is 98.0 Å². The molecule has 1 aliphatic rings. The van der Waals surface area contributed by atoms with Gasteiger partial charge in [0.15, 0.2) is 11.6 Å². The number of allylic oxidation sites excluding steroid dienone is 2. The van der Waals surface area contributed by atoms with Gasteiger partial charge in [0.25, 0.3) is 0 Å². The van der Waals surface area contributed by atoms with Crippen LogP contribution >= 0.6 is 0 Å². The molecule has 3 rings (SSSR count). The fraction of sp³-hybridized carbons (Fsp3) is 0. The summed E-state index contributed by atoms with van der Waals surface area (Å²) in [6, 6.07) is 6.84. The van der Waals surface area contributed by atoms with Crippen molar-refractivity contribution >= 4 is 11.6 Å². The summed E-state index contributed by atoms with van der Waals surface area (Å²) < 4.78 is 0. The average Bonchev–Trinajstić information content (AvgIpc) is 2.93. The first-order valence-corrected chi connectivity index (χ1v) is 5.07. The maximum absolute atomic E-state index is 11.2. The zero-order valence-electron chi connectivity index (χ0n) is 8.96. The zero-order valence-corrected chi connectivity index (χ0v) is 8.96. The van der Waals surface area contributed by atoms with Gasteiger partial charge in [-0.1, -0.05) is 24.3 Å². The molecule has 0 spiro atoms. The van der Waals surface area contributed by atoms with E-state index >= 15 is 0 Å². The summed E-state index contributed by atoms with van der Waals surface area (Å²) in [4.78, 5) is 28.8. The minimum atomic E-state index is -0.0924. The molecule has 1 aromatic heterocycles. The van der Waals surface area contributed by atoms with Gasteiger partial charge in [0.05, 0.1) is 6.33 Å². The molecule has 2 aromatic rings.